The summed E-state index contributed by atoms with van der Waals surface area (Å²) in [5.41, 5.74) is 2.47. The number of nitrogens with zero attached hydrogens (tertiary/aromatic N) is 1. The first-order valence-electron chi connectivity index (χ1n) is 7.36. The fraction of sp³-hybridized carbons (Fsp3) is 0.235. The van der Waals surface area contributed by atoms with Crippen molar-refractivity contribution in [3.05, 3.63) is 69.8 Å². The number of benzene rings is 2. The zero-order valence-electron chi connectivity index (χ0n) is 13.2. The molecule has 1 unspecified atom stereocenters. The minimum Gasteiger partial charge on any atom is -0.326 e. The third kappa shape index (κ3) is 4.89. The molecule has 0 aliphatic carbocycles. The van der Waals surface area contributed by atoms with Gasteiger partial charge < -0.3 is 10.2 Å². The van der Waals surface area contributed by atoms with Gasteiger partial charge in [-0.15, -0.1) is 0 Å². The van der Waals surface area contributed by atoms with Crippen molar-refractivity contribution < 1.29 is 14.6 Å². The molecule has 0 aromatic heterocycles. The van der Waals surface area contributed by atoms with Crippen molar-refractivity contribution in [2.24, 2.45) is 0 Å². The number of carbonyl (C=O) groups excluding carboxylic acids is 1. The number of hydrogen-bond acceptors (Lipinski definition) is 3. The fourth-order valence-electron chi connectivity index (χ4n) is 2.38. The van der Waals surface area contributed by atoms with E-state index in [1.165, 1.54) is 17.7 Å². The summed E-state index contributed by atoms with van der Waals surface area (Å²) in [4.78, 5) is 23.5. The number of carbonyl (C=O) groups is 1. The van der Waals surface area contributed by atoms with E-state index in [1.807, 2.05) is 37.4 Å². The third-order valence-electron chi connectivity index (χ3n) is 3.51. The number of anilines is 1. The normalized spacial score (nSPS) is 11.7. The Morgan fingerprint density at radius 2 is 1.91 bits per heavy atom. The van der Waals surface area contributed by atoms with E-state index in [-0.39, 0.29) is 11.6 Å². The van der Waals surface area contributed by atoms with E-state index >= 15 is 0 Å². The SMILES string of the molecule is Cc1cc([N+](=O)[O-])ccc1NC(=O)C[NH+](C)Cc1ccccc1. The lowest BCUT2D eigenvalue weighted by Gasteiger charge is -2.14. The lowest BCUT2D eigenvalue weighted by atomic mass is 10.2. The van der Waals surface area contributed by atoms with Crippen molar-refractivity contribution in [3.8, 4) is 0 Å². The predicted octanol–water partition coefficient (Wildman–Crippen LogP) is 1.56. The number of nitrogens with one attached hydrogen (secondary N) is 2. The Morgan fingerprint density at radius 1 is 1.22 bits per heavy atom. The standard InChI is InChI=1S/C17H19N3O3/c1-13-10-15(20(22)23)8-9-16(13)18-17(21)12-19(2)11-14-6-4-3-5-7-14/h3-10H,11-12H2,1-2H3,(H,18,21)/p+1. The summed E-state index contributed by atoms with van der Waals surface area (Å²) < 4.78 is 0. The Bertz CT molecular complexity index is 701. The van der Waals surface area contributed by atoms with Crippen molar-refractivity contribution in [3.63, 3.8) is 0 Å². The zero-order valence-corrected chi connectivity index (χ0v) is 13.2. The molecule has 6 heteroatoms. The fourth-order valence-corrected chi connectivity index (χ4v) is 2.38. The maximum absolute atomic E-state index is 12.1. The largest absolute Gasteiger partial charge is 0.326 e. The molecule has 120 valence electrons. The molecule has 2 rings (SSSR count). The maximum atomic E-state index is 12.1. The predicted molar refractivity (Wildman–Crippen MR) is 88.4 cm³/mol. The summed E-state index contributed by atoms with van der Waals surface area (Å²) in [7, 11) is 1.95. The molecular formula is C17H20N3O3+. The highest BCUT2D eigenvalue weighted by Crippen LogP contribution is 2.20. The molecule has 0 saturated carbocycles. The highest BCUT2D eigenvalue weighted by molar-refractivity contribution is 5.92. The van der Waals surface area contributed by atoms with Gasteiger partial charge in [0.2, 0.25) is 0 Å². The van der Waals surface area contributed by atoms with Gasteiger partial charge in [-0.05, 0) is 18.6 Å². The molecule has 0 heterocycles. The summed E-state index contributed by atoms with van der Waals surface area (Å²) in [5.74, 6) is -0.115. The second-order valence-electron chi connectivity index (χ2n) is 5.60. The summed E-state index contributed by atoms with van der Waals surface area (Å²) >= 11 is 0. The summed E-state index contributed by atoms with van der Waals surface area (Å²) in [6.07, 6.45) is 0. The summed E-state index contributed by atoms with van der Waals surface area (Å²) in [6.45, 7) is 2.82. The molecular weight excluding hydrogens is 294 g/mol. The Labute approximate surface area is 134 Å². The van der Waals surface area contributed by atoms with Crippen LogP contribution in [0.2, 0.25) is 0 Å². The Hall–Kier alpha value is -2.73. The number of nitro benzene ring substituents is 1. The number of quaternary nitrogens is 1. The van der Waals surface area contributed by atoms with Gasteiger partial charge in [-0.3, -0.25) is 14.9 Å². The van der Waals surface area contributed by atoms with Crippen LogP contribution in [0.5, 0.6) is 0 Å². The smallest absolute Gasteiger partial charge is 0.279 e. The molecule has 0 fully saturated rings. The molecule has 0 saturated heterocycles. The van der Waals surface area contributed by atoms with Gasteiger partial charge >= 0.3 is 0 Å². The van der Waals surface area contributed by atoms with Crippen LogP contribution in [0.25, 0.3) is 0 Å². The van der Waals surface area contributed by atoms with Gasteiger partial charge in [0, 0.05) is 23.4 Å². The van der Waals surface area contributed by atoms with Crippen molar-refractivity contribution in [2.75, 3.05) is 18.9 Å². The van der Waals surface area contributed by atoms with Crippen molar-refractivity contribution in [1.82, 2.24) is 0 Å². The van der Waals surface area contributed by atoms with Crippen LogP contribution in [-0.4, -0.2) is 24.4 Å². The topological polar surface area (TPSA) is 76.7 Å². The number of amides is 1. The number of nitro groups is 1. The highest BCUT2D eigenvalue weighted by Gasteiger charge is 2.13. The molecule has 1 amide bonds. The second kappa shape index (κ2) is 7.51. The first-order chi connectivity index (χ1) is 11.0. The molecule has 2 aromatic carbocycles. The van der Waals surface area contributed by atoms with E-state index < -0.39 is 4.92 Å². The Balaban J connectivity index is 1.93. The van der Waals surface area contributed by atoms with E-state index in [0.29, 0.717) is 17.8 Å². The summed E-state index contributed by atoms with van der Waals surface area (Å²) in [5, 5.41) is 13.5. The van der Waals surface area contributed by atoms with Crippen LogP contribution in [0.4, 0.5) is 11.4 Å². The minimum absolute atomic E-state index is 0.0207. The molecule has 0 bridgehead atoms. The molecule has 0 radical (unpaired) electrons. The monoisotopic (exact) mass is 314 g/mol. The molecule has 2 aromatic rings. The Kier molecular flexibility index (Phi) is 5.43. The van der Waals surface area contributed by atoms with Gasteiger partial charge in [-0.2, -0.15) is 0 Å². The third-order valence-corrected chi connectivity index (χ3v) is 3.51. The lowest BCUT2D eigenvalue weighted by Crippen LogP contribution is -3.08. The van der Waals surface area contributed by atoms with Crippen molar-refractivity contribution in [1.29, 1.82) is 0 Å². The Morgan fingerprint density at radius 3 is 2.52 bits per heavy atom. The molecule has 2 N–H and O–H groups in total. The minimum atomic E-state index is -0.448. The van der Waals surface area contributed by atoms with E-state index in [2.05, 4.69) is 5.32 Å². The molecule has 0 aliphatic rings. The van der Waals surface area contributed by atoms with Gasteiger partial charge in [-0.1, -0.05) is 30.3 Å². The van der Waals surface area contributed by atoms with Gasteiger partial charge in [0.05, 0.1) is 12.0 Å². The van der Waals surface area contributed by atoms with Crippen LogP contribution >= 0.6 is 0 Å². The number of rotatable bonds is 6. The number of non-ortho nitro benzene ring substituents is 1. The first kappa shape index (κ1) is 16.6. The quantitative estimate of drug-likeness (QED) is 0.627. The van der Waals surface area contributed by atoms with E-state index in [4.69, 9.17) is 0 Å². The molecule has 1 atom stereocenters. The van der Waals surface area contributed by atoms with Crippen LogP contribution in [0.1, 0.15) is 11.1 Å². The lowest BCUT2D eigenvalue weighted by molar-refractivity contribution is -0.885. The number of hydrogen-bond donors (Lipinski definition) is 2. The van der Waals surface area contributed by atoms with Gasteiger partial charge in [0.1, 0.15) is 6.54 Å². The van der Waals surface area contributed by atoms with Crippen LogP contribution in [0, 0.1) is 17.0 Å². The van der Waals surface area contributed by atoms with Crippen LogP contribution < -0.4 is 10.2 Å². The number of aryl methyl sites for hydroxylation is 1. The molecule has 6 nitrogen and oxygen atoms in total. The molecule has 0 spiro atoms. The van der Waals surface area contributed by atoms with Gasteiger partial charge in [-0.25, -0.2) is 0 Å². The maximum Gasteiger partial charge on any atom is 0.279 e. The number of likely N-dealkylation sites (N-methyl/N-ethyl adjacent to an activating group) is 1. The first-order valence-corrected chi connectivity index (χ1v) is 7.36. The van der Waals surface area contributed by atoms with E-state index in [9.17, 15) is 14.9 Å². The zero-order chi connectivity index (χ0) is 16.8. The van der Waals surface area contributed by atoms with Gasteiger partial charge in [0.25, 0.3) is 11.6 Å². The van der Waals surface area contributed by atoms with Gasteiger partial charge in [0.15, 0.2) is 6.54 Å². The van der Waals surface area contributed by atoms with Crippen molar-refractivity contribution >= 4 is 17.3 Å². The summed E-state index contributed by atoms with van der Waals surface area (Å²) in [6, 6.07) is 14.4. The highest BCUT2D eigenvalue weighted by atomic mass is 16.6. The molecule has 23 heavy (non-hydrogen) atoms. The molecule has 0 aliphatic heterocycles. The average Bonchev–Trinajstić information content (AvgIpc) is 2.49. The van der Waals surface area contributed by atoms with E-state index in [0.717, 1.165) is 11.4 Å². The average molecular weight is 314 g/mol. The van der Waals surface area contributed by atoms with Crippen LogP contribution in [0.3, 0.4) is 0 Å². The van der Waals surface area contributed by atoms with E-state index in [1.54, 1.807) is 13.0 Å². The van der Waals surface area contributed by atoms with Crippen molar-refractivity contribution in [2.45, 2.75) is 13.5 Å². The van der Waals surface area contributed by atoms with Crippen LogP contribution in [0.15, 0.2) is 48.5 Å². The second-order valence-corrected chi connectivity index (χ2v) is 5.60. The van der Waals surface area contributed by atoms with Crippen LogP contribution in [-0.2, 0) is 11.3 Å².